The first kappa shape index (κ1) is 13.2. The predicted molar refractivity (Wildman–Crippen MR) is 60.9 cm³/mol. The molecule has 0 aliphatic carbocycles. The maximum Gasteiger partial charge on any atom is 0.304 e. The van der Waals surface area contributed by atoms with E-state index in [1.54, 1.807) is 12.1 Å². The van der Waals surface area contributed by atoms with E-state index >= 15 is 0 Å². The van der Waals surface area contributed by atoms with Gasteiger partial charge in [-0.15, -0.1) is 0 Å². The van der Waals surface area contributed by atoms with E-state index in [0.29, 0.717) is 11.1 Å². The minimum absolute atomic E-state index is 0.202. The molecular formula is C11H11NO4S. The van der Waals surface area contributed by atoms with E-state index in [9.17, 15) is 13.2 Å². The molecule has 0 fully saturated rings. The van der Waals surface area contributed by atoms with E-state index in [4.69, 9.17) is 10.4 Å². The Bertz CT molecular complexity index is 540. The molecule has 1 aromatic rings. The van der Waals surface area contributed by atoms with Crippen molar-refractivity contribution >= 4 is 15.8 Å². The summed E-state index contributed by atoms with van der Waals surface area (Å²) in [5.41, 5.74) is 1.01. The maximum atomic E-state index is 11.5. The molecule has 1 aromatic carbocycles. The average molecular weight is 253 g/mol. The van der Waals surface area contributed by atoms with Gasteiger partial charge in [0.25, 0.3) is 0 Å². The van der Waals surface area contributed by atoms with Gasteiger partial charge in [0.15, 0.2) is 9.84 Å². The molecule has 0 atom stereocenters. The fourth-order valence-electron chi connectivity index (χ4n) is 1.24. The third-order valence-electron chi connectivity index (χ3n) is 2.10. The SMILES string of the molecule is N#Cc1ccc(CS(=O)(=O)CCC(=O)O)cc1. The fraction of sp³-hybridized carbons (Fsp3) is 0.273. The number of nitrogens with zero attached hydrogens (tertiary/aromatic N) is 1. The van der Waals surface area contributed by atoms with Crippen molar-refractivity contribution in [2.75, 3.05) is 5.75 Å². The van der Waals surface area contributed by atoms with E-state index in [-0.39, 0.29) is 11.5 Å². The summed E-state index contributed by atoms with van der Waals surface area (Å²) in [6.07, 6.45) is -0.390. The zero-order valence-electron chi connectivity index (χ0n) is 8.96. The number of carbonyl (C=O) groups is 1. The number of aliphatic carboxylic acids is 1. The van der Waals surface area contributed by atoms with Gasteiger partial charge in [0.2, 0.25) is 0 Å². The highest BCUT2D eigenvalue weighted by Gasteiger charge is 2.13. The number of sulfone groups is 1. The van der Waals surface area contributed by atoms with Crippen LogP contribution in [0.3, 0.4) is 0 Å². The van der Waals surface area contributed by atoms with Gasteiger partial charge in [0, 0.05) is 0 Å². The Kier molecular flexibility index (Phi) is 4.24. The molecule has 90 valence electrons. The van der Waals surface area contributed by atoms with Gasteiger partial charge in [-0.05, 0) is 17.7 Å². The highest BCUT2D eigenvalue weighted by atomic mass is 32.2. The number of carboxylic acid groups (broad SMARTS) is 1. The molecule has 0 aliphatic heterocycles. The Labute approximate surface area is 99.2 Å². The maximum absolute atomic E-state index is 11.5. The van der Waals surface area contributed by atoms with Gasteiger partial charge in [-0.1, -0.05) is 12.1 Å². The van der Waals surface area contributed by atoms with Crippen LogP contribution in [0.1, 0.15) is 17.5 Å². The van der Waals surface area contributed by atoms with Crippen LogP contribution in [-0.2, 0) is 20.4 Å². The quantitative estimate of drug-likeness (QED) is 0.842. The molecule has 0 radical (unpaired) electrons. The topological polar surface area (TPSA) is 95.2 Å². The van der Waals surface area contributed by atoms with Crippen molar-refractivity contribution < 1.29 is 18.3 Å². The Hall–Kier alpha value is -1.87. The Balaban J connectivity index is 2.70. The summed E-state index contributed by atoms with van der Waals surface area (Å²) in [5.74, 6) is -1.71. The number of carboxylic acids is 1. The number of rotatable bonds is 5. The fourth-order valence-corrected chi connectivity index (χ4v) is 2.57. The van der Waals surface area contributed by atoms with Crippen LogP contribution in [0.5, 0.6) is 0 Å². The van der Waals surface area contributed by atoms with E-state index in [1.807, 2.05) is 6.07 Å². The van der Waals surface area contributed by atoms with Crippen LogP contribution in [0.15, 0.2) is 24.3 Å². The molecule has 1 rings (SSSR count). The molecule has 17 heavy (non-hydrogen) atoms. The third-order valence-corrected chi connectivity index (χ3v) is 3.70. The smallest absolute Gasteiger partial charge is 0.304 e. The number of benzene rings is 1. The second kappa shape index (κ2) is 5.46. The number of hydrogen-bond acceptors (Lipinski definition) is 4. The average Bonchev–Trinajstić information content (AvgIpc) is 2.27. The van der Waals surface area contributed by atoms with Crippen molar-refractivity contribution in [1.82, 2.24) is 0 Å². The summed E-state index contributed by atoms with van der Waals surface area (Å²) in [6, 6.07) is 8.09. The Morgan fingerprint density at radius 3 is 2.35 bits per heavy atom. The van der Waals surface area contributed by atoms with Crippen LogP contribution in [0.25, 0.3) is 0 Å². The number of hydrogen-bond donors (Lipinski definition) is 1. The summed E-state index contributed by atoms with van der Waals surface area (Å²) >= 11 is 0. The Morgan fingerprint density at radius 1 is 1.29 bits per heavy atom. The number of nitriles is 1. The molecule has 0 saturated carbocycles. The molecule has 0 spiro atoms. The van der Waals surface area contributed by atoms with Crippen molar-refractivity contribution in [3.8, 4) is 6.07 Å². The molecule has 0 bridgehead atoms. The van der Waals surface area contributed by atoms with Crippen LogP contribution in [-0.4, -0.2) is 25.2 Å². The highest BCUT2D eigenvalue weighted by Crippen LogP contribution is 2.09. The van der Waals surface area contributed by atoms with Crippen LogP contribution < -0.4 is 0 Å². The summed E-state index contributed by atoms with van der Waals surface area (Å²) in [5, 5.41) is 17.0. The van der Waals surface area contributed by atoms with Crippen molar-refractivity contribution in [3.05, 3.63) is 35.4 Å². The molecule has 0 amide bonds. The monoisotopic (exact) mass is 253 g/mol. The van der Waals surface area contributed by atoms with Crippen molar-refractivity contribution in [1.29, 1.82) is 5.26 Å². The standard InChI is InChI=1S/C11H11NO4S/c12-7-9-1-3-10(4-2-9)8-17(15,16)6-5-11(13)14/h1-4H,5-6,8H2,(H,13,14). The molecule has 5 nitrogen and oxygen atoms in total. The van der Waals surface area contributed by atoms with Crippen LogP contribution >= 0.6 is 0 Å². The molecule has 0 aliphatic rings. The lowest BCUT2D eigenvalue weighted by molar-refractivity contribution is -0.136. The Morgan fingerprint density at radius 2 is 1.88 bits per heavy atom. The van der Waals surface area contributed by atoms with Crippen molar-refractivity contribution in [2.24, 2.45) is 0 Å². The van der Waals surface area contributed by atoms with Crippen molar-refractivity contribution in [3.63, 3.8) is 0 Å². The van der Waals surface area contributed by atoms with Gasteiger partial charge < -0.3 is 5.11 Å². The van der Waals surface area contributed by atoms with Gasteiger partial charge in [-0.3, -0.25) is 4.79 Å². The van der Waals surface area contributed by atoms with Gasteiger partial charge >= 0.3 is 5.97 Å². The zero-order valence-corrected chi connectivity index (χ0v) is 9.77. The first-order valence-corrected chi connectivity index (χ1v) is 6.66. The minimum Gasteiger partial charge on any atom is -0.481 e. The normalized spacial score (nSPS) is 10.8. The molecule has 0 heterocycles. The van der Waals surface area contributed by atoms with Crippen LogP contribution in [0, 0.1) is 11.3 Å². The van der Waals surface area contributed by atoms with E-state index in [2.05, 4.69) is 0 Å². The van der Waals surface area contributed by atoms with E-state index in [0.717, 1.165) is 0 Å². The second-order valence-corrected chi connectivity index (χ2v) is 5.73. The van der Waals surface area contributed by atoms with Crippen LogP contribution in [0.4, 0.5) is 0 Å². The first-order valence-electron chi connectivity index (χ1n) is 4.84. The van der Waals surface area contributed by atoms with Gasteiger partial charge in [0.05, 0.1) is 29.6 Å². The highest BCUT2D eigenvalue weighted by molar-refractivity contribution is 7.90. The van der Waals surface area contributed by atoms with Crippen LogP contribution in [0.2, 0.25) is 0 Å². The predicted octanol–water partition coefficient (Wildman–Crippen LogP) is 0.948. The van der Waals surface area contributed by atoms with E-state index < -0.39 is 22.2 Å². The summed E-state index contributed by atoms with van der Waals surface area (Å²) in [4.78, 5) is 10.3. The lowest BCUT2D eigenvalue weighted by atomic mass is 10.2. The van der Waals surface area contributed by atoms with Crippen molar-refractivity contribution in [2.45, 2.75) is 12.2 Å². The molecule has 0 saturated heterocycles. The van der Waals surface area contributed by atoms with Gasteiger partial charge in [-0.25, -0.2) is 8.42 Å². The summed E-state index contributed by atoms with van der Waals surface area (Å²) < 4.78 is 23.1. The molecule has 0 unspecified atom stereocenters. The van der Waals surface area contributed by atoms with E-state index in [1.165, 1.54) is 12.1 Å². The molecular weight excluding hydrogens is 242 g/mol. The molecule has 1 N–H and O–H groups in total. The summed E-state index contributed by atoms with van der Waals surface area (Å²) in [7, 11) is -3.41. The zero-order chi connectivity index (χ0) is 12.9. The lowest BCUT2D eigenvalue weighted by Crippen LogP contribution is -2.12. The van der Waals surface area contributed by atoms with Gasteiger partial charge in [-0.2, -0.15) is 5.26 Å². The minimum atomic E-state index is -3.41. The lowest BCUT2D eigenvalue weighted by Gasteiger charge is -2.02. The first-order chi connectivity index (χ1) is 7.93. The molecule has 0 aromatic heterocycles. The van der Waals surface area contributed by atoms with Gasteiger partial charge in [0.1, 0.15) is 0 Å². The second-order valence-electron chi connectivity index (χ2n) is 3.54. The largest absolute Gasteiger partial charge is 0.481 e. The third kappa shape index (κ3) is 4.66. The molecule has 6 heteroatoms. The summed E-state index contributed by atoms with van der Waals surface area (Å²) in [6.45, 7) is 0.